The van der Waals surface area contributed by atoms with Gasteiger partial charge in [0, 0.05) is 31.5 Å². The molecule has 0 saturated heterocycles. The average molecular weight is 355 g/mol. The molecule has 0 unspecified atom stereocenters. The van der Waals surface area contributed by atoms with Gasteiger partial charge in [0.1, 0.15) is 14.9 Å². The fourth-order valence-electron chi connectivity index (χ4n) is 1.46. The number of nitro benzene ring substituents is 1. The van der Waals surface area contributed by atoms with Crippen LogP contribution in [0.15, 0.2) is 12.1 Å². The molecule has 7 nitrogen and oxygen atoms in total. The third-order valence-corrected chi connectivity index (χ3v) is 4.31. The average Bonchev–Trinajstić information content (AvgIpc) is 2.36. The summed E-state index contributed by atoms with van der Waals surface area (Å²) >= 11 is 11.4. The van der Waals surface area contributed by atoms with Crippen LogP contribution >= 0.6 is 23.2 Å². The summed E-state index contributed by atoms with van der Waals surface area (Å²) in [7, 11) is -1.83. The van der Waals surface area contributed by atoms with Crippen molar-refractivity contribution >= 4 is 44.6 Å². The minimum absolute atomic E-state index is 0.0351. The van der Waals surface area contributed by atoms with Gasteiger partial charge in [-0.05, 0) is 6.07 Å². The minimum atomic E-state index is -3.22. The largest absolute Gasteiger partial charge is 0.341 e. The maximum absolute atomic E-state index is 12.1. The van der Waals surface area contributed by atoms with Gasteiger partial charge >= 0.3 is 0 Å². The van der Waals surface area contributed by atoms with E-state index in [-0.39, 0.29) is 27.9 Å². The van der Waals surface area contributed by atoms with Gasteiger partial charge in [-0.2, -0.15) is 0 Å². The Hall–Kier alpha value is -1.38. The molecule has 0 aliphatic rings. The number of hydrogen-bond acceptors (Lipinski definition) is 5. The number of sulfone groups is 1. The van der Waals surface area contributed by atoms with Crippen molar-refractivity contribution in [2.45, 2.75) is 0 Å². The van der Waals surface area contributed by atoms with E-state index in [1.165, 1.54) is 13.1 Å². The van der Waals surface area contributed by atoms with E-state index >= 15 is 0 Å². The molecule has 21 heavy (non-hydrogen) atoms. The highest BCUT2D eigenvalue weighted by Gasteiger charge is 2.22. The summed E-state index contributed by atoms with van der Waals surface area (Å²) in [5.74, 6) is -0.793. The SMILES string of the molecule is CN(CCS(C)(=O)=O)C(=O)c1cc(Cl)c(Cl)c([N+](=O)[O-])c1. The van der Waals surface area contributed by atoms with Gasteiger partial charge in [0.2, 0.25) is 0 Å². The lowest BCUT2D eigenvalue weighted by Gasteiger charge is -2.16. The Morgan fingerprint density at radius 2 is 1.95 bits per heavy atom. The maximum atomic E-state index is 12.1. The van der Waals surface area contributed by atoms with E-state index < -0.39 is 26.4 Å². The normalized spacial score (nSPS) is 11.2. The first-order valence-corrected chi connectivity index (χ1v) is 8.41. The predicted molar refractivity (Wildman–Crippen MR) is 79.8 cm³/mol. The number of nitro groups is 1. The van der Waals surface area contributed by atoms with E-state index in [1.54, 1.807) is 0 Å². The summed E-state index contributed by atoms with van der Waals surface area (Å²) in [6.07, 6.45) is 1.05. The van der Waals surface area contributed by atoms with E-state index in [0.717, 1.165) is 17.2 Å². The van der Waals surface area contributed by atoms with Gasteiger partial charge in [0.25, 0.3) is 11.6 Å². The molecule has 1 rings (SSSR count). The number of nitrogens with zero attached hydrogens (tertiary/aromatic N) is 2. The summed E-state index contributed by atoms with van der Waals surface area (Å²) < 4.78 is 22.1. The smallest absolute Gasteiger partial charge is 0.290 e. The second kappa shape index (κ2) is 6.59. The predicted octanol–water partition coefficient (Wildman–Crippen LogP) is 2.02. The van der Waals surface area contributed by atoms with Crippen LogP contribution in [-0.4, -0.2) is 49.7 Å². The van der Waals surface area contributed by atoms with Crippen molar-refractivity contribution in [3.63, 3.8) is 0 Å². The van der Waals surface area contributed by atoms with E-state index in [9.17, 15) is 23.3 Å². The number of benzene rings is 1. The summed E-state index contributed by atoms with van der Waals surface area (Å²) in [6.45, 7) is -0.0360. The zero-order valence-electron chi connectivity index (χ0n) is 11.2. The Morgan fingerprint density at radius 1 is 1.38 bits per heavy atom. The molecule has 1 aromatic carbocycles. The molecule has 0 aromatic heterocycles. The second-order valence-corrected chi connectivity index (χ2v) is 7.45. The molecule has 0 fully saturated rings. The van der Waals surface area contributed by atoms with Crippen LogP contribution in [0.5, 0.6) is 0 Å². The van der Waals surface area contributed by atoms with Gasteiger partial charge in [0.15, 0.2) is 0 Å². The van der Waals surface area contributed by atoms with Crippen molar-refractivity contribution < 1.29 is 18.1 Å². The van der Waals surface area contributed by atoms with Crippen LogP contribution in [0.3, 0.4) is 0 Å². The molecule has 116 valence electrons. The van der Waals surface area contributed by atoms with Gasteiger partial charge < -0.3 is 4.90 Å². The Kier molecular flexibility index (Phi) is 5.54. The van der Waals surface area contributed by atoms with Crippen LogP contribution in [0.4, 0.5) is 5.69 Å². The fourth-order valence-corrected chi connectivity index (χ4v) is 2.45. The van der Waals surface area contributed by atoms with Gasteiger partial charge in [0.05, 0.1) is 15.7 Å². The molecule has 0 N–H and O–H groups in total. The van der Waals surface area contributed by atoms with Crippen molar-refractivity contribution in [2.24, 2.45) is 0 Å². The number of amides is 1. The molecule has 0 bridgehead atoms. The topological polar surface area (TPSA) is 97.6 Å². The van der Waals surface area contributed by atoms with Crippen molar-refractivity contribution in [3.8, 4) is 0 Å². The molecule has 0 heterocycles. The molecular formula is C11H12Cl2N2O5S. The lowest BCUT2D eigenvalue weighted by atomic mass is 10.2. The number of halogens is 2. The van der Waals surface area contributed by atoms with E-state index in [1.807, 2.05) is 0 Å². The summed E-state index contributed by atoms with van der Waals surface area (Å²) in [5, 5.41) is 10.5. The summed E-state index contributed by atoms with van der Waals surface area (Å²) in [4.78, 5) is 23.3. The maximum Gasteiger partial charge on any atom is 0.290 e. The molecule has 0 spiro atoms. The van der Waals surface area contributed by atoms with Crippen LogP contribution in [-0.2, 0) is 9.84 Å². The van der Waals surface area contributed by atoms with Gasteiger partial charge in [-0.1, -0.05) is 23.2 Å². The van der Waals surface area contributed by atoms with Crippen LogP contribution in [0.2, 0.25) is 10.0 Å². The van der Waals surface area contributed by atoms with Crippen molar-refractivity contribution in [1.29, 1.82) is 0 Å². The van der Waals surface area contributed by atoms with E-state index in [0.29, 0.717) is 0 Å². The molecular weight excluding hydrogens is 343 g/mol. The Bertz CT molecular complexity index is 690. The first kappa shape index (κ1) is 17.7. The van der Waals surface area contributed by atoms with Crippen LogP contribution in [0.25, 0.3) is 0 Å². The first-order chi connectivity index (χ1) is 9.53. The highest BCUT2D eigenvalue weighted by atomic mass is 35.5. The molecule has 1 amide bonds. The van der Waals surface area contributed by atoms with Crippen molar-refractivity contribution in [1.82, 2.24) is 4.90 Å². The molecule has 1 aromatic rings. The number of carbonyl (C=O) groups is 1. The Morgan fingerprint density at radius 3 is 2.43 bits per heavy atom. The van der Waals surface area contributed by atoms with Crippen LogP contribution in [0, 0.1) is 10.1 Å². The van der Waals surface area contributed by atoms with E-state index in [2.05, 4.69) is 0 Å². The zero-order valence-corrected chi connectivity index (χ0v) is 13.5. The van der Waals surface area contributed by atoms with Crippen molar-refractivity contribution in [3.05, 3.63) is 37.9 Å². The highest BCUT2D eigenvalue weighted by molar-refractivity contribution is 7.90. The standard InChI is InChI=1S/C11H12Cl2N2O5S/c1-14(3-4-21(2,19)20)11(16)7-5-8(12)10(13)9(6-7)15(17)18/h5-6H,3-4H2,1-2H3. The van der Waals surface area contributed by atoms with Gasteiger partial charge in [-0.3, -0.25) is 14.9 Å². The summed E-state index contributed by atoms with van der Waals surface area (Å²) in [6, 6.07) is 2.21. The lowest BCUT2D eigenvalue weighted by molar-refractivity contribution is -0.384. The van der Waals surface area contributed by atoms with Gasteiger partial charge in [-0.25, -0.2) is 8.42 Å². The minimum Gasteiger partial charge on any atom is -0.341 e. The lowest BCUT2D eigenvalue weighted by Crippen LogP contribution is -2.31. The summed E-state index contributed by atoms with van der Waals surface area (Å²) in [5.41, 5.74) is -0.517. The molecule has 10 heteroatoms. The Balaban J connectivity index is 3.05. The monoisotopic (exact) mass is 354 g/mol. The molecule has 0 radical (unpaired) electrons. The Labute approximate surface area is 131 Å². The zero-order chi connectivity index (χ0) is 16.4. The molecule has 0 saturated carbocycles. The van der Waals surface area contributed by atoms with Crippen LogP contribution in [0.1, 0.15) is 10.4 Å². The molecule has 0 atom stereocenters. The highest BCUT2D eigenvalue weighted by Crippen LogP contribution is 2.33. The molecule has 0 aliphatic carbocycles. The van der Waals surface area contributed by atoms with Crippen molar-refractivity contribution in [2.75, 3.05) is 25.6 Å². The molecule has 0 aliphatic heterocycles. The van der Waals surface area contributed by atoms with E-state index in [4.69, 9.17) is 23.2 Å². The number of carbonyl (C=O) groups excluding carboxylic acids is 1. The third-order valence-electron chi connectivity index (χ3n) is 2.60. The first-order valence-electron chi connectivity index (χ1n) is 5.59. The van der Waals surface area contributed by atoms with Gasteiger partial charge in [-0.15, -0.1) is 0 Å². The quantitative estimate of drug-likeness (QED) is 0.595. The number of rotatable bonds is 5. The third kappa shape index (κ3) is 4.83. The van der Waals surface area contributed by atoms with Crippen LogP contribution < -0.4 is 0 Å². The second-order valence-electron chi connectivity index (χ2n) is 4.40. The number of hydrogen-bond donors (Lipinski definition) is 0. The fraction of sp³-hybridized carbons (Fsp3) is 0.364.